The van der Waals surface area contributed by atoms with Gasteiger partial charge < -0.3 is 19.1 Å². The minimum atomic E-state index is -0.431. The maximum absolute atomic E-state index is 12.2. The minimum absolute atomic E-state index is 0.0904. The first kappa shape index (κ1) is 21.5. The number of hydrogen-bond donors (Lipinski definition) is 0. The molecule has 0 aromatic rings. The first-order valence-electron chi connectivity index (χ1n) is 9.85. The van der Waals surface area contributed by atoms with Crippen molar-refractivity contribution in [2.45, 2.75) is 53.1 Å². The van der Waals surface area contributed by atoms with Crippen molar-refractivity contribution in [2.75, 3.05) is 33.4 Å². The minimum Gasteiger partial charge on any atom is -0.504 e. The quantitative estimate of drug-likeness (QED) is 0.534. The zero-order valence-corrected chi connectivity index (χ0v) is 17.7. The molecular weight excluding hydrogens is 342 g/mol. The Hall–Kier alpha value is -1.75. The highest BCUT2D eigenvalue weighted by atomic mass is 16.6. The van der Waals surface area contributed by atoms with Crippen LogP contribution in [0.4, 0.5) is 0 Å². The van der Waals surface area contributed by atoms with Crippen LogP contribution in [0.25, 0.3) is 0 Å². The SMILES string of the molecule is C\C=C1/C(=C\C=C\OC)OCC12CCN(CC(C)C(=O)OC(C)(C)C)CC2. The van der Waals surface area contributed by atoms with Crippen LogP contribution < -0.4 is 0 Å². The van der Waals surface area contributed by atoms with Crippen molar-refractivity contribution >= 4 is 5.97 Å². The van der Waals surface area contributed by atoms with E-state index in [0.29, 0.717) is 0 Å². The van der Waals surface area contributed by atoms with Crippen molar-refractivity contribution in [3.8, 4) is 0 Å². The molecule has 0 aromatic carbocycles. The summed E-state index contributed by atoms with van der Waals surface area (Å²) in [6.45, 7) is 13.2. The van der Waals surface area contributed by atoms with Gasteiger partial charge in [-0.05, 0) is 71.4 Å². The number of allylic oxidation sites excluding steroid dienone is 4. The molecule has 5 heteroatoms. The van der Waals surface area contributed by atoms with E-state index in [1.54, 1.807) is 13.4 Å². The third-order valence-corrected chi connectivity index (χ3v) is 5.25. The van der Waals surface area contributed by atoms with E-state index in [0.717, 1.165) is 44.8 Å². The lowest BCUT2D eigenvalue weighted by Gasteiger charge is -2.39. The summed E-state index contributed by atoms with van der Waals surface area (Å²) in [7, 11) is 1.64. The summed E-state index contributed by atoms with van der Waals surface area (Å²) < 4.78 is 16.5. The Morgan fingerprint density at radius 1 is 1.33 bits per heavy atom. The topological polar surface area (TPSA) is 48.0 Å². The lowest BCUT2D eigenvalue weighted by molar-refractivity contribution is -0.160. The fourth-order valence-electron chi connectivity index (χ4n) is 3.87. The number of carbonyl (C=O) groups is 1. The van der Waals surface area contributed by atoms with Crippen LogP contribution in [-0.4, -0.2) is 49.8 Å². The second-order valence-corrected chi connectivity index (χ2v) is 8.60. The fourth-order valence-corrected chi connectivity index (χ4v) is 3.87. The first-order valence-corrected chi connectivity index (χ1v) is 9.85. The van der Waals surface area contributed by atoms with Crippen LogP contribution in [-0.2, 0) is 19.0 Å². The molecule has 2 aliphatic rings. The number of rotatable bonds is 5. The Balaban J connectivity index is 1.93. The highest BCUT2D eigenvalue weighted by Gasteiger charge is 2.44. The van der Waals surface area contributed by atoms with Crippen molar-refractivity contribution in [3.05, 3.63) is 35.8 Å². The number of methoxy groups -OCH3 is 1. The van der Waals surface area contributed by atoms with Gasteiger partial charge >= 0.3 is 5.97 Å². The summed E-state index contributed by atoms with van der Waals surface area (Å²) in [5.74, 6) is 0.714. The molecule has 0 aromatic heterocycles. The molecule has 5 nitrogen and oxygen atoms in total. The van der Waals surface area contributed by atoms with Gasteiger partial charge in [0.15, 0.2) is 0 Å². The van der Waals surface area contributed by atoms with Crippen molar-refractivity contribution in [1.82, 2.24) is 4.90 Å². The van der Waals surface area contributed by atoms with Crippen LogP contribution in [0.1, 0.15) is 47.5 Å². The number of nitrogens with zero attached hydrogens (tertiary/aromatic N) is 1. The van der Waals surface area contributed by atoms with Crippen molar-refractivity contribution in [1.29, 1.82) is 0 Å². The molecule has 152 valence electrons. The lowest BCUT2D eigenvalue weighted by atomic mass is 9.73. The van der Waals surface area contributed by atoms with E-state index in [4.69, 9.17) is 14.2 Å². The van der Waals surface area contributed by atoms with Gasteiger partial charge in [-0.1, -0.05) is 13.0 Å². The summed E-state index contributed by atoms with van der Waals surface area (Å²) in [4.78, 5) is 14.6. The smallest absolute Gasteiger partial charge is 0.310 e. The van der Waals surface area contributed by atoms with Crippen molar-refractivity contribution in [3.63, 3.8) is 0 Å². The molecular formula is C22H35NO4. The summed E-state index contributed by atoms with van der Waals surface area (Å²) in [5.41, 5.74) is 0.954. The lowest BCUT2D eigenvalue weighted by Crippen LogP contribution is -2.44. The standard InChI is InChI=1S/C22H35NO4/c1-7-18-19(9-8-14-25-6)26-16-22(18)10-12-23(13-11-22)15-17(2)20(24)27-21(3,4)5/h7-9,14,17H,10-13,15-16H2,1-6H3/b14-8+,18-7+,19-9+. The second kappa shape index (κ2) is 8.96. The van der Waals surface area contributed by atoms with Crippen LogP contribution in [0.2, 0.25) is 0 Å². The highest BCUT2D eigenvalue weighted by Crippen LogP contribution is 2.48. The van der Waals surface area contributed by atoms with Crippen LogP contribution in [0.3, 0.4) is 0 Å². The molecule has 0 N–H and O–H groups in total. The summed E-state index contributed by atoms with van der Waals surface area (Å²) in [6, 6.07) is 0. The van der Waals surface area contributed by atoms with Crippen LogP contribution in [0.15, 0.2) is 35.8 Å². The molecule has 2 fully saturated rings. The highest BCUT2D eigenvalue weighted by molar-refractivity contribution is 5.72. The van der Waals surface area contributed by atoms with Gasteiger partial charge in [0, 0.05) is 12.0 Å². The molecule has 2 heterocycles. The van der Waals surface area contributed by atoms with Crippen LogP contribution in [0.5, 0.6) is 0 Å². The third kappa shape index (κ3) is 5.61. The Bertz CT molecular complexity index is 604. The Morgan fingerprint density at radius 3 is 2.56 bits per heavy atom. The Labute approximate surface area is 164 Å². The summed E-state index contributed by atoms with van der Waals surface area (Å²) >= 11 is 0. The average Bonchev–Trinajstić information content (AvgIpc) is 2.93. The Kier molecular flexibility index (Phi) is 7.15. The Morgan fingerprint density at radius 2 is 2.00 bits per heavy atom. The van der Waals surface area contributed by atoms with Gasteiger partial charge in [-0.3, -0.25) is 4.79 Å². The number of carbonyl (C=O) groups excluding carboxylic acids is 1. The van der Waals surface area contributed by atoms with Gasteiger partial charge in [-0.15, -0.1) is 0 Å². The van der Waals surface area contributed by atoms with E-state index in [-0.39, 0.29) is 17.3 Å². The number of piperidine rings is 1. The molecule has 0 aliphatic carbocycles. The number of esters is 1. The third-order valence-electron chi connectivity index (χ3n) is 5.25. The zero-order valence-electron chi connectivity index (χ0n) is 17.7. The number of hydrogen-bond acceptors (Lipinski definition) is 5. The predicted molar refractivity (Wildman–Crippen MR) is 107 cm³/mol. The molecule has 27 heavy (non-hydrogen) atoms. The van der Waals surface area contributed by atoms with Crippen molar-refractivity contribution < 1.29 is 19.0 Å². The molecule has 1 spiro atoms. The van der Waals surface area contributed by atoms with Crippen molar-refractivity contribution in [2.24, 2.45) is 11.3 Å². The van der Waals surface area contributed by atoms with E-state index < -0.39 is 5.60 Å². The van der Waals surface area contributed by atoms with E-state index in [1.165, 1.54) is 5.57 Å². The van der Waals surface area contributed by atoms with Gasteiger partial charge in [-0.25, -0.2) is 0 Å². The van der Waals surface area contributed by atoms with E-state index in [2.05, 4.69) is 17.9 Å². The maximum Gasteiger partial charge on any atom is 0.310 e. The molecule has 2 saturated heterocycles. The maximum atomic E-state index is 12.2. The summed E-state index contributed by atoms with van der Waals surface area (Å²) in [6.07, 6.45) is 9.76. The fraction of sp³-hybridized carbons (Fsp3) is 0.682. The molecule has 0 radical (unpaired) electrons. The normalized spacial score (nSPS) is 24.5. The van der Waals surface area contributed by atoms with E-state index in [9.17, 15) is 4.79 Å². The van der Waals surface area contributed by atoms with Gasteiger partial charge in [0.25, 0.3) is 0 Å². The van der Waals surface area contributed by atoms with Gasteiger partial charge in [0.1, 0.15) is 11.4 Å². The summed E-state index contributed by atoms with van der Waals surface area (Å²) in [5, 5.41) is 0. The molecule has 0 amide bonds. The van der Waals surface area contributed by atoms with Gasteiger partial charge in [-0.2, -0.15) is 0 Å². The van der Waals surface area contributed by atoms with E-state index in [1.807, 2.05) is 39.8 Å². The first-order chi connectivity index (χ1) is 12.7. The van der Waals surface area contributed by atoms with Gasteiger partial charge in [0.05, 0.1) is 25.9 Å². The molecule has 2 rings (SSSR count). The largest absolute Gasteiger partial charge is 0.504 e. The van der Waals surface area contributed by atoms with Gasteiger partial charge in [0.2, 0.25) is 0 Å². The average molecular weight is 378 g/mol. The second-order valence-electron chi connectivity index (χ2n) is 8.60. The van der Waals surface area contributed by atoms with E-state index >= 15 is 0 Å². The zero-order chi connectivity index (χ0) is 20.1. The molecule has 1 atom stereocenters. The molecule has 0 bridgehead atoms. The van der Waals surface area contributed by atoms with Crippen LogP contribution >= 0.6 is 0 Å². The molecule has 2 aliphatic heterocycles. The monoisotopic (exact) mass is 377 g/mol. The number of likely N-dealkylation sites (tertiary alicyclic amines) is 1. The molecule has 1 unspecified atom stereocenters. The predicted octanol–water partition coefficient (Wildman–Crippen LogP) is 4.07. The number of ether oxygens (including phenoxy) is 3. The molecule has 0 saturated carbocycles. The van der Waals surface area contributed by atoms with Crippen LogP contribution in [0, 0.1) is 11.3 Å².